The van der Waals surface area contributed by atoms with Crippen LogP contribution in [0.25, 0.3) is 38.5 Å². The van der Waals surface area contributed by atoms with Crippen LogP contribution in [0, 0.1) is 23.7 Å². The maximum absolute atomic E-state index is 14.1. The first-order valence-electron chi connectivity index (χ1n) is 28.5. The van der Waals surface area contributed by atoms with E-state index in [0.29, 0.717) is 97.8 Å². The van der Waals surface area contributed by atoms with Crippen molar-refractivity contribution in [3.8, 4) is 46.9 Å². The number of aromatic hydroxyl groups is 3. The molecule has 6 N–H and O–H groups in total. The van der Waals surface area contributed by atoms with E-state index in [2.05, 4.69) is 48.8 Å². The second-order valence-corrected chi connectivity index (χ2v) is 23.3. The molecule has 18 heteroatoms. The van der Waals surface area contributed by atoms with E-state index in [1.54, 1.807) is 17.2 Å². The van der Waals surface area contributed by atoms with Gasteiger partial charge in [0, 0.05) is 99.0 Å². The number of benzene rings is 3. The predicted octanol–water partition coefficient (Wildman–Crippen LogP) is 7.54. The molecular formula is C62H74N10O8. The predicted molar refractivity (Wildman–Crippen MR) is 308 cm³/mol. The fraction of sp³-hybridized carbons (Fsp3) is 0.484. The Bertz CT molecular complexity index is 3270. The van der Waals surface area contributed by atoms with Crippen molar-refractivity contribution >= 4 is 62.8 Å². The standard InChI is InChI=1S/C62H74N10O8/c1-6-45-51(75)21-18-41-31-44(73)32-47(53(41)45)54-56(77)55-48(34-64-54)58(71-35-42-19-20-43(36-71)66-42)69-61(68-55)80-30-10-26-70-28-23-40(24-29-70)50(74)12-7-8-13-52(76)67-57(62(3,4)5)60(79)72-27-9-11-49(72)59(78)65-33-38-14-16-39(17-15-38)46-22-25-63-37(46)2/h1,14-18,21,25,31-32,34,40,42-43,49,57,66,73,75,77H,7-13,19-20,22-24,26-30,33,35-36H2,2-5H3,(H,65,78)(H,67,76)/t42?,43?,49-,57?/m0/s1. The molecule has 3 amide bonds. The number of rotatable bonds is 19. The van der Waals surface area contributed by atoms with Gasteiger partial charge in [0.25, 0.3) is 0 Å². The molecule has 7 heterocycles. The van der Waals surface area contributed by atoms with Gasteiger partial charge in [-0.3, -0.25) is 29.2 Å². The van der Waals surface area contributed by atoms with Gasteiger partial charge in [0.1, 0.15) is 46.4 Å². The second-order valence-electron chi connectivity index (χ2n) is 23.3. The lowest BCUT2D eigenvalue weighted by molar-refractivity contribution is -0.144. The number of nitrogens with one attached hydrogen (secondary N) is 3. The molecular weight excluding hydrogens is 1010 g/mol. The van der Waals surface area contributed by atoms with Crippen LogP contribution in [0.5, 0.6) is 23.3 Å². The number of allylic oxidation sites excluding steroid dienone is 2. The van der Waals surface area contributed by atoms with Crippen LogP contribution in [0.15, 0.2) is 65.4 Å². The maximum Gasteiger partial charge on any atom is 0.319 e. The number of carbonyl (C=O) groups excluding carboxylic acids is 4. The Hall–Kier alpha value is -7.62. The Morgan fingerprint density at radius 3 is 2.38 bits per heavy atom. The fourth-order valence-corrected chi connectivity index (χ4v) is 12.3. The molecule has 0 saturated carbocycles. The minimum atomic E-state index is -0.813. The third kappa shape index (κ3) is 12.2. The first-order valence-corrected chi connectivity index (χ1v) is 28.5. The van der Waals surface area contributed by atoms with Crippen LogP contribution in [0.4, 0.5) is 5.82 Å². The number of nitrogens with zero attached hydrogens (tertiary/aromatic N) is 7. The molecule has 0 radical (unpaired) electrons. The van der Waals surface area contributed by atoms with Gasteiger partial charge in [0.05, 0.1) is 17.6 Å². The van der Waals surface area contributed by atoms with E-state index in [9.17, 15) is 34.5 Å². The van der Waals surface area contributed by atoms with Gasteiger partial charge >= 0.3 is 6.01 Å². The summed E-state index contributed by atoms with van der Waals surface area (Å²) in [6.07, 6.45) is 17.5. The Kier molecular flexibility index (Phi) is 16.7. The number of unbranched alkanes of at least 4 members (excludes halogenated alkanes) is 1. The first kappa shape index (κ1) is 55.7. The highest BCUT2D eigenvalue weighted by molar-refractivity contribution is 6.06. The molecule has 5 aromatic rings. The van der Waals surface area contributed by atoms with Crippen LogP contribution < -0.4 is 25.6 Å². The number of phenols is 2. The fourth-order valence-electron chi connectivity index (χ4n) is 12.3. The summed E-state index contributed by atoms with van der Waals surface area (Å²) in [6, 6.07) is 13.5. The van der Waals surface area contributed by atoms with E-state index in [-0.39, 0.29) is 75.9 Å². The summed E-state index contributed by atoms with van der Waals surface area (Å²) in [7, 11) is 0. The molecule has 4 atom stereocenters. The Morgan fingerprint density at radius 2 is 1.66 bits per heavy atom. The number of carbonyl (C=O) groups is 4. The molecule has 3 aromatic carbocycles. The molecule has 4 saturated heterocycles. The average Bonchev–Trinajstić information content (AvgIpc) is 4.23. The van der Waals surface area contributed by atoms with E-state index in [1.807, 2.05) is 46.0 Å². The van der Waals surface area contributed by atoms with E-state index in [1.165, 1.54) is 23.8 Å². The zero-order valence-corrected chi connectivity index (χ0v) is 46.4. The monoisotopic (exact) mass is 1090 g/mol. The number of anilines is 1. The van der Waals surface area contributed by atoms with Gasteiger partial charge in [0.15, 0.2) is 5.75 Å². The number of Topliss-reactive ketones (excluding diaryl/α,β-unsaturated/α-hetero) is 1. The summed E-state index contributed by atoms with van der Waals surface area (Å²) in [6.45, 7) is 12.6. The van der Waals surface area contributed by atoms with E-state index in [4.69, 9.17) is 26.1 Å². The van der Waals surface area contributed by atoms with Crippen molar-refractivity contribution in [1.29, 1.82) is 0 Å². The average molecular weight is 1090 g/mol. The van der Waals surface area contributed by atoms with Crippen LogP contribution in [0.2, 0.25) is 0 Å². The van der Waals surface area contributed by atoms with Crippen LogP contribution in [0.3, 0.4) is 0 Å². The van der Waals surface area contributed by atoms with E-state index >= 15 is 0 Å². The van der Waals surface area contributed by atoms with Crippen LogP contribution in [0.1, 0.15) is 121 Å². The number of hydrogen-bond acceptors (Lipinski definition) is 15. The van der Waals surface area contributed by atoms with Gasteiger partial charge in [-0.15, -0.1) is 6.42 Å². The lowest BCUT2D eigenvalue weighted by Gasteiger charge is -2.35. The third-order valence-electron chi connectivity index (χ3n) is 16.7. The molecule has 18 nitrogen and oxygen atoms in total. The molecule has 4 fully saturated rings. The number of amides is 3. The normalized spacial score (nSPS) is 19.9. The number of likely N-dealkylation sites (tertiary alicyclic amines) is 2. The van der Waals surface area contributed by atoms with Crippen molar-refractivity contribution in [2.45, 2.75) is 135 Å². The Labute approximate surface area is 467 Å². The van der Waals surface area contributed by atoms with Crippen molar-refractivity contribution in [3.05, 3.63) is 77.1 Å². The molecule has 3 unspecified atom stereocenters. The smallest absolute Gasteiger partial charge is 0.319 e. The lowest BCUT2D eigenvalue weighted by atomic mass is 9.85. The summed E-state index contributed by atoms with van der Waals surface area (Å²) in [4.78, 5) is 79.3. The number of ether oxygens (including phenoxy) is 1. The number of hydrogen-bond donors (Lipinski definition) is 6. The SMILES string of the molecule is C#Cc1c(O)ccc2cc(O)cc(-c3ncc4c(N5CC6CCC(C5)N6)nc(OCCCN5CCC(C(=O)CCCCC(=O)NC(C(=O)N6CCC[C@H]6C(=O)NCc6ccc(C7=C(C)N=CC7)cc6)C(C)(C)C)CC5)nc4c3O)c12. The Morgan fingerprint density at radius 1 is 0.912 bits per heavy atom. The van der Waals surface area contributed by atoms with Gasteiger partial charge in [0.2, 0.25) is 17.7 Å². The molecule has 0 spiro atoms. The first-order chi connectivity index (χ1) is 38.5. The number of aromatic nitrogens is 3. The maximum atomic E-state index is 14.1. The number of piperazine rings is 1. The van der Waals surface area contributed by atoms with Gasteiger partial charge < -0.3 is 50.7 Å². The van der Waals surface area contributed by atoms with Gasteiger partial charge in [-0.25, -0.2) is 0 Å². The van der Waals surface area contributed by atoms with Crippen LogP contribution >= 0.6 is 0 Å². The Balaban J connectivity index is 0.681. The number of piperidine rings is 1. The van der Waals surface area contributed by atoms with Gasteiger partial charge in [-0.2, -0.15) is 9.97 Å². The lowest BCUT2D eigenvalue weighted by Crippen LogP contribution is -2.57. The number of terminal acetylenes is 1. The number of phenolic OH excluding ortho intramolecular Hbond substituents is 2. The minimum absolute atomic E-state index is 0.0388. The number of fused-ring (bicyclic) bond motifs is 4. The van der Waals surface area contributed by atoms with Crippen LogP contribution in [-0.2, 0) is 25.7 Å². The molecule has 420 valence electrons. The number of aliphatic imine (C=N–C) groups is 1. The van der Waals surface area contributed by atoms with Gasteiger partial charge in [-0.1, -0.05) is 57.0 Å². The summed E-state index contributed by atoms with van der Waals surface area (Å²) >= 11 is 0. The third-order valence-corrected chi connectivity index (χ3v) is 16.7. The largest absolute Gasteiger partial charge is 0.508 e. The highest BCUT2D eigenvalue weighted by Gasteiger charge is 2.42. The summed E-state index contributed by atoms with van der Waals surface area (Å²) in [5.74, 6) is 2.24. The second kappa shape index (κ2) is 24.0. The molecule has 5 aliphatic rings. The zero-order chi connectivity index (χ0) is 56.2. The quantitative estimate of drug-likeness (QED) is 0.0347. The minimum Gasteiger partial charge on any atom is -0.508 e. The molecule has 80 heavy (non-hydrogen) atoms. The summed E-state index contributed by atoms with van der Waals surface area (Å²) in [5.41, 5.74) is 4.63. The topological polar surface area (TPSA) is 235 Å². The highest BCUT2D eigenvalue weighted by atomic mass is 16.5. The molecule has 0 aliphatic carbocycles. The van der Waals surface area contributed by atoms with Gasteiger partial charge in [-0.05, 0) is 124 Å². The van der Waals surface area contributed by atoms with Crippen molar-refractivity contribution in [1.82, 2.24) is 40.7 Å². The molecule has 2 bridgehead atoms. The number of ketones is 1. The zero-order valence-electron chi connectivity index (χ0n) is 46.4. The molecule has 10 rings (SSSR count). The van der Waals surface area contributed by atoms with E-state index in [0.717, 1.165) is 81.7 Å². The highest BCUT2D eigenvalue weighted by Crippen LogP contribution is 2.44. The summed E-state index contributed by atoms with van der Waals surface area (Å²) in [5, 5.41) is 44.7. The summed E-state index contributed by atoms with van der Waals surface area (Å²) < 4.78 is 6.26. The molecule has 5 aliphatic heterocycles. The molecule has 2 aromatic heterocycles. The van der Waals surface area contributed by atoms with Crippen molar-refractivity contribution in [2.75, 3.05) is 50.8 Å². The number of pyridine rings is 1. The van der Waals surface area contributed by atoms with E-state index < -0.39 is 17.5 Å². The van der Waals surface area contributed by atoms with Crippen molar-refractivity contribution in [2.24, 2.45) is 16.3 Å². The van der Waals surface area contributed by atoms with Crippen LogP contribution in [-0.4, -0.2) is 140 Å². The van der Waals surface area contributed by atoms with Crippen molar-refractivity contribution < 1.29 is 39.2 Å². The van der Waals surface area contributed by atoms with Crippen molar-refractivity contribution in [3.63, 3.8) is 0 Å².